The van der Waals surface area contributed by atoms with E-state index in [0.717, 1.165) is 12.1 Å². The molecule has 0 radical (unpaired) electrons. The van der Waals surface area contributed by atoms with E-state index in [1.54, 1.807) is 0 Å². The van der Waals surface area contributed by atoms with Crippen molar-refractivity contribution in [1.29, 1.82) is 0 Å². The highest BCUT2D eigenvalue weighted by Crippen LogP contribution is 2.30. The van der Waals surface area contributed by atoms with E-state index >= 15 is 0 Å². The maximum Gasteiger partial charge on any atom is 0.416 e. The molecule has 0 atom stereocenters. The number of benzene rings is 3. The topological polar surface area (TPSA) is 92.3 Å². The van der Waals surface area contributed by atoms with E-state index in [0.29, 0.717) is 11.1 Å². The smallest absolute Gasteiger partial charge is 0.322 e. The van der Waals surface area contributed by atoms with Crippen LogP contribution in [0, 0.1) is 0 Å². The van der Waals surface area contributed by atoms with Crippen LogP contribution in [0.4, 0.5) is 18.9 Å². The van der Waals surface area contributed by atoms with Gasteiger partial charge in [0.25, 0.3) is 5.91 Å². The van der Waals surface area contributed by atoms with Gasteiger partial charge in [-0.25, -0.2) is 13.1 Å². The van der Waals surface area contributed by atoms with Gasteiger partial charge in [0.2, 0.25) is 10.0 Å². The molecule has 33 heavy (non-hydrogen) atoms. The van der Waals surface area contributed by atoms with Gasteiger partial charge in [-0.1, -0.05) is 30.3 Å². The van der Waals surface area contributed by atoms with E-state index in [-0.39, 0.29) is 28.5 Å². The van der Waals surface area contributed by atoms with Gasteiger partial charge in [-0.05, 0) is 55.0 Å². The van der Waals surface area contributed by atoms with Crippen molar-refractivity contribution >= 4 is 27.4 Å². The molecule has 6 nitrogen and oxygen atoms in total. The number of carbonyl (C=O) groups is 2. The van der Waals surface area contributed by atoms with Crippen molar-refractivity contribution in [3.63, 3.8) is 0 Å². The van der Waals surface area contributed by atoms with Gasteiger partial charge in [0.15, 0.2) is 5.78 Å². The molecule has 2 N–H and O–H groups in total. The van der Waals surface area contributed by atoms with Gasteiger partial charge in [-0.3, -0.25) is 9.59 Å². The average molecular weight is 476 g/mol. The lowest BCUT2D eigenvalue weighted by molar-refractivity contribution is -0.137. The molecule has 0 spiro atoms. The highest BCUT2D eigenvalue weighted by Gasteiger charge is 2.30. The molecule has 3 aromatic rings. The molecular weight excluding hydrogens is 457 g/mol. The van der Waals surface area contributed by atoms with Crippen LogP contribution >= 0.6 is 0 Å². The van der Waals surface area contributed by atoms with E-state index < -0.39 is 27.7 Å². The van der Waals surface area contributed by atoms with Crippen LogP contribution in [0.1, 0.15) is 38.8 Å². The summed E-state index contributed by atoms with van der Waals surface area (Å²) >= 11 is 0. The molecule has 0 saturated heterocycles. The normalized spacial score (nSPS) is 11.8. The molecule has 0 bridgehead atoms. The number of ketones is 1. The van der Waals surface area contributed by atoms with Crippen molar-refractivity contribution in [2.24, 2.45) is 0 Å². The van der Waals surface area contributed by atoms with E-state index in [4.69, 9.17) is 0 Å². The van der Waals surface area contributed by atoms with Crippen LogP contribution in [0.15, 0.2) is 77.7 Å². The Morgan fingerprint density at radius 3 is 2.06 bits per heavy atom. The number of hydrogen-bond acceptors (Lipinski definition) is 4. The fourth-order valence-electron chi connectivity index (χ4n) is 2.88. The first-order valence-corrected chi connectivity index (χ1v) is 11.1. The van der Waals surface area contributed by atoms with Crippen molar-refractivity contribution in [1.82, 2.24) is 4.72 Å². The highest BCUT2D eigenvalue weighted by molar-refractivity contribution is 7.89. The third-order valence-corrected chi connectivity index (χ3v) is 6.12. The zero-order valence-electron chi connectivity index (χ0n) is 17.3. The van der Waals surface area contributed by atoms with Gasteiger partial charge in [0.05, 0.1) is 10.5 Å². The van der Waals surface area contributed by atoms with Gasteiger partial charge >= 0.3 is 6.18 Å². The molecule has 0 aliphatic carbocycles. The summed E-state index contributed by atoms with van der Waals surface area (Å²) in [5.74, 6) is -0.781. The summed E-state index contributed by atoms with van der Waals surface area (Å²) in [7, 11) is -3.82. The van der Waals surface area contributed by atoms with Crippen LogP contribution in [0.5, 0.6) is 0 Å². The monoisotopic (exact) mass is 476 g/mol. The fourth-order valence-corrected chi connectivity index (χ4v) is 3.90. The largest absolute Gasteiger partial charge is 0.416 e. The van der Waals surface area contributed by atoms with Crippen LogP contribution in [-0.2, 0) is 22.7 Å². The molecule has 1 amide bonds. The van der Waals surface area contributed by atoms with E-state index in [1.165, 1.54) is 67.6 Å². The summed E-state index contributed by atoms with van der Waals surface area (Å²) in [6, 6.07) is 15.7. The molecule has 3 rings (SSSR count). The minimum absolute atomic E-state index is 0.00227. The summed E-state index contributed by atoms with van der Waals surface area (Å²) in [5.41, 5.74) is 0.280. The molecule has 0 fully saturated rings. The molecule has 3 aromatic carbocycles. The number of hydrogen-bond donors (Lipinski definition) is 2. The number of Topliss-reactive ketones (excluding diaryl/α,β-unsaturated/α-hetero) is 1. The Morgan fingerprint density at radius 1 is 0.879 bits per heavy atom. The summed E-state index contributed by atoms with van der Waals surface area (Å²) in [6.45, 7) is 1.33. The predicted octanol–water partition coefficient (Wildman–Crippen LogP) is 4.64. The van der Waals surface area contributed by atoms with Crippen LogP contribution in [0.3, 0.4) is 0 Å². The van der Waals surface area contributed by atoms with Crippen LogP contribution in [-0.4, -0.2) is 20.1 Å². The lowest BCUT2D eigenvalue weighted by atomic mass is 10.1. The van der Waals surface area contributed by atoms with Gasteiger partial charge in [-0.2, -0.15) is 13.2 Å². The Balaban J connectivity index is 1.63. The van der Waals surface area contributed by atoms with Crippen molar-refractivity contribution in [2.45, 2.75) is 24.5 Å². The second-order valence-corrected chi connectivity index (χ2v) is 8.90. The fraction of sp³-hybridized carbons (Fsp3) is 0.130. The predicted molar refractivity (Wildman–Crippen MR) is 116 cm³/mol. The first-order valence-electron chi connectivity index (χ1n) is 9.64. The average Bonchev–Trinajstić information content (AvgIpc) is 2.78. The third-order valence-electron chi connectivity index (χ3n) is 4.70. The first kappa shape index (κ1) is 24.1. The number of anilines is 1. The zero-order chi connectivity index (χ0) is 24.2. The molecule has 0 heterocycles. The number of amides is 1. The molecular formula is C23H19F3N2O4S. The number of carbonyl (C=O) groups excluding carboxylic acids is 2. The summed E-state index contributed by atoms with van der Waals surface area (Å²) in [5, 5.41) is 2.41. The zero-order valence-corrected chi connectivity index (χ0v) is 18.1. The van der Waals surface area contributed by atoms with Gasteiger partial charge in [0.1, 0.15) is 0 Å². The number of halogens is 3. The molecule has 0 aliphatic heterocycles. The second kappa shape index (κ2) is 9.55. The lowest BCUT2D eigenvalue weighted by Gasteiger charge is -2.10. The van der Waals surface area contributed by atoms with Crippen LogP contribution < -0.4 is 10.0 Å². The van der Waals surface area contributed by atoms with Crippen LogP contribution in [0.25, 0.3) is 0 Å². The molecule has 0 aromatic heterocycles. The maximum absolute atomic E-state index is 12.8. The quantitative estimate of drug-likeness (QED) is 0.486. The standard InChI is InChI=1S/C23H19F3N2O4S/c1-15(29)17-9-11-21(12-10-17)33(31,32)27-14-16-5-7-18(8-6-16)22(30)28-20-4-2-3-19(13-20)23(24,25)26/h2-13,27H,14H2,1H3,(H,28,30). The SMILES string of the molecule is CC(=O)c1ccc(S(=O)(=O)NCc2ccc(C(=O)Nc3cccc(C(F)(F)F)c3)cc2)cc1. The Hall–Kier alpha value is -3.50. The summed E-state index contributed by atoms with van der Waals surface area (Å²) < 4.78 is 65.7. The van der Waals surface area contributed by atoms with Gasteiger partial charge in [-0.15, -0.1) is 0 Å². The summed E-state index contributed by atoms with van der Waals surface area (Å²) in [6.07, 6.45) is -4.52. The number of sulfonamides is 1. The number of rotatable bonds is 7. The third kappa shape index (κ3) is 6.27. The minimum Gasteiger partial charge on any atom is -0.322 e. The molecule has 10 heteroatoms. The second-order valence-electron chi connectivity index (χ2n) is 7.13. The Labute approximate surface area is 188 Å². The molecule has 0 saturated carbocycles. The van der Waals surface area contributed by atoms with Crippen molar-refractivity contribution in [3.05, 3.63) is 95.1 Å². The minimum atomic E-state index is -4.52. The van der Waals surface area contributed by atoms with Crippen molar-refractivity contribution in [2.75, 3.05) is 5.32 Å². The summed E-state index contributed by atoms with van der Waals surface area (Å²) in [4.78, 5) is 23.7. The number of alkyl halides is 3. The van der Waals surface area contributed by atoms with Crippen molar-refractivity contribution in [3.8, 4) is 0 Å². The van der Waals surface area contributed by atoms with Crippen molar-refractivity contribution < 1.29 is 31.2 Å². The van der Waals surface area contributed by atoms with E-state index in [1.807, 2.05) is 0 Å². The van der Waals surface area contributed by atoms with Crippen LogP contribution in [0.2, 0.25) is 0 Å². The first-order chi connectivity index (χ1) is 15.5. The molecule has 0 unspecified atom stereocenters. The van der Waals surface area contributed by atoms with Gasteiger partial charge in [0, 0.05) is 23.4 Å². The van der Waals surface area contributed by atoms with E-state index in [9.17, 15) is 31.2 Å². The lowest BCUT2D eigenvalue weighted by Crippen LogP contribution is -2.23. The molecule has 172 valence electrons. The van der Waals surface area contributed by atoms with Gasteiger partial charge < -0.3 is 5.32 Å². The maximum atomic E-state index is 12.8. The number of nitrogens with one attached hydrogen (secondary N) is 2. The Kier molecular flexibility index (Phi) is 6.99. The van der Waals surface area contributed by atoms with E-state index in [2.05, 4.69) is 10.0 Å². The Bertz CT molecular complexity index is 1270. The highest BCUT2D eigenvalue weighted by atomic mass is 32.2. The molecule has 0 aliphatic rings. The Morgan fingerprint density at radius 2 is 1.48 bits per heavy atom.